The van der Waals surface area contributed by atoms with E-state index in [1.165, 1.54) is 0 Å². The van der Waals surface area contributed by atoms with E-state index in [1.807, 2.05) is 10.2 Å². The lowest BCUT2D eigenvalue weighted by Crippen LogP contribution is -1.74. The van der Waals surface area contributed by atoms with Crippen molar-refractivity contribution in [2.45, 2.75) is 0 Å². The molecule has 0 bridgehead atoms. The van der Waals surface area contributed by atoms with Crippen LogP contribution in [0.2, 0.25) is 0 Å². The van der Waals surface area contributed by atoms with E-state index in [4.69, 9.17) is 5.11 Å². The lowest BCUT2D eigenvalue weighted by Gasteiger charge is -1.92. The van der Waals surface area contributed by atoms with Gasteiger partial charge in [-0.05, 0) is 10.1 Å². The van der Waals surface area contributed by atoms with Crippen LogP contribution in [0.5, 0.6) is 0 Å². The molecule has 0 unspecified atom stereocenters. The Kier molecular flexibility index (Phi) is 1.73. The van der Waals surface area contributed by atoms with Crippen molar-refractivity contribution in [1.29, 1.82) is 0 Å². The zero-order valence-electron chi connectivity index (χ0n) is 4.34. The van der Waals surface area contributed by atoms with Crippen molar-refractivity contribution in [2.75, 3.05) is 0 Å². The number of rotatable bonds is 0. The van der Waals surface area contributed by atoms with Gasteiger partial charge in [-0.3, -0.25) is 0 Å². The van der Waals surface area contributed by atoms with Gasteiger partial charge in [-0.1, -0.05) is 10.6 Å². The summed E-state index contributed by atoms with van der Waals surface area (Å²) in [4.78, 5) is 0. The Morgan fingerprint density at radius 3 is 2.75 bits per heavy atom. The SMILES string of the molecule is C=I1=CC=CC(O)=C1. The minimum absolute atomic E-state index is 0.382. The van der Waals surface area contributed by atoms with Crippen LogP contribution >= 0.6 is 18.9 Å². The summed E-state index contributed by atoms with van der Waals surface area (Å²) in [6, 6.07) is 0. The van der Waals surface area contributed by atoms with Gasteiger partial charge in [-0.2, -0.15) is 0 Å². The molecular weight excluding hydrogens is 215 g/mol. The maximum atomic E-state index is 8.83. The van der Waals surface area contributed by atoms with Crippen LogP contribution in [-0.4, -0.2) is 13.6 Å². The average Bonchev–Trinajstić information content (AvgIpc) is 1.64. The van der Waals surface area contributed by atoms with E-state index in [-0.39, 0.29) is 0 Å². The standard InChI is InChI=1S/C6H7IO/c1-7-4-2-3-6(8)5-7/h2-5,8H,1H2. The van der Waals surface area contributed by atoms with E-state index < -0.39 is 18.9 Å². The van der Waals surface area contributed by atoms with Crippen LogP contribution in [0.15, 0.2) is 22.0 Å². The van der Waals surface area contributed by atoms with Crippen molar-refractivity contribution in [3.8, 4) is 0 Å². The molecule has 0 saturated carbocycles. The van der Waals surface area contributed by atoms with Crippen molar-refractivity contribution in [3.05, 3.63) is 22.0 Å². The summed E-state index contributed by atoms with van der Waals surface area (Å²) in [5.74, 6) is 0.382. The highest BCUT2D eigenvalue weighted by molar-refractivity contribution is 14.2. The van der Waals surface area contributed by atoms with E-state index in [2.05, 4.69) is 8.53 Å². The number of aliphatic hydroxyl groups is 1. The summed E-state index contributed by atoms with van der Waals surface area (Å²) in [6.07, 6.45) is 3.55. The highest BCUT2D eigenvalue weighted by atomic mass is 127. The molecule has 0 radical (unpaired) electrons. The number of hydrogen-bond acceptors (Lipinski definition) is 1. The highest BCUT2D eigenvalue weighted by Crippen LogP contribution is 2.14. The van der Waals surface area contributed by atoms with Gasteiger partial charge >= 0.3 is 0 Å². The average molecular weight is 222 g/mol. The summed E-state index contributed by atoms with van der Waals surface area (Å²) in [7, 11) is 0. The first kappa shape index (κ1) is 5.88. The van der Waals surface area contributed by atoms with Crippen molar-refractivity contribution in [1.82, 2.24) is 0 Å². The zero-order chi connectivity index (χ0) is 5.98. The van der Waals surface area contributed by atoms with E-state index in [1.54, 1.807) is 6.08 Å². The molecule has 8 heavy (non-hydrogen) atoms. The van der Waals surface area contributed by atoms with E-state index >= 15 is 0 Å². The molecule has 0 aliphatic carbocycles. The molecule has 2 heteroatoms. The molecule has 1 rings (SSSR count). The maximum absolute atomic E-state index is 8.83. The van der Waals surface area contributed by atoms with E-state index in [0.29, 0.717) is 5.76 Å². The molecule has 1 N–H and O–H groups in total. The molecular formula is C6H7IO. The second kappa shape index (κ2) is 2.35. The van der Waals surface area contributed by atoms with Gasteiger partial charge in [0.25, 0.3) is 0 Å². The predicted molar refractivity (Wildman–Crippen MR) is 47.1 cm³/mol. The van der Waals surface area contributed by atoms with Crippen molar-refractivity contribution >= 4 is 27.4 Å². The lowest BCUT2D eigenvalue weighted by atomic mass is 10.5. The fourth-order valence-corrected chi connectivity index (χ4v) is 2.42. The molecule has 0 saturated heterocycles. The molecule has 0 amide bonds. The monoisotopic (exact) mass is 222 g/mol. The molecule has 0 fully saturated rings. The maximum Gasteiger partial charge on any atom is 0.120 e. The normalized spacial score (nSPS) is 19.8. The van der Waals surface area contributed by atoms with Gasteiger partial charge in [-0.25, -0.2) is 0 Å². The Hall–Kier alpha value is -0.250. The molecule has 0 spiro atoms. The van der Waals surface area contributed by atoms with Crippen molar-refractivity contribution in [2.24, 2.45) is 0 Å². The van der Waals surface area contributed by atoms with E-state index in [0.717, 1.165) is 0 Å². The minimum Gasteiger partial charge on any atom is -0.508 e. The number of allylic oxidation sites excluding steroid dienone is 2. The molecule has 1 aliphatic rings. The lowest BCUT2D eigenvalue weighted by molar-refractivity contribution is 0.435. The van der Waals surface area contributed by atoms with Crippen LogP contribution in [0.25, 0.3) is 0 Å². The third-order valence-electron chi connectivity index (χ3n) is 0.753. The first-order valence-corrected chi connectivity index (χ1v) is 6.19. The minimum atomic E-state index is -1.18. The van der Waals surface area contributed by atoms with Crippen LogP contribution in [0.3, 0.4) is 0 Å². The molecule has 0 aromatic rings. The van der Waals surface area contributed by atoms with Crippen LogP contribution in [0.4, 0.5) is 0 Å². The van der Waals surface area contributed by atoms with Crippen LogP contribution in [0.1, 0.15) is 0 Å². The Labute approximate surface area is 54.7 Å². The Bertz CT molecular complexity index is 217. The van der Waals surface area contributed by atoms with Crippen LogP contribution in [-0.2, 0) is 0 Å². The first-order chi connectivity index (χ1) is 3.79. The molecule has 0 atom stereocenters. The molecule has 0 aromatic carbocycles. The van der Waals surface area contributed by atoms with Crippen molar-refractivity contribution < 1.29 is 5.11 Å². The van der Waals surface area contributed by atoms with Crippen LogP contribution in [0, 0.1) is 0 Å². The first-order valence-electron chi connectivity index (χ1n) is 2.17. The molecule has 44 valence electrons. The van der Waals surface area contributed by atoms with E-state index in [9.17, 15) is 0 Å². The summed E-state index contributed by atoms with van der Waals surface area (Å²) in [5.41, 5.74) is 0. The fourth-order valence-electron chi connectivity index (χ4n) is 0.445. The Morgan fingerprint density at radius 2 is 2.38 bits per heavy atom. The summed E-state index contributed by atoms with van der Waals surface area (Å²) >= 11 is -1.18. The van der Waals surface area contributed by atoms with Gasteiger partial charge in [0.2, 0.25) is 0 Å². The summed E-state index contributed by atoms with van der Waals surface area (Å²) < 4.78 is 7.79. The smallest absolute Gasteiger partial charge is 0.120 e. The third-order valence-corrected chi connectivity index (χ3v) is 3.53. The topological polar surface area (TPSA) is 20.2 Å². The predicted octanol–water partition coefficient (Wildman–Crippen LogP) is 1.70. The quantitative estimate of drug-likeness (QED) is 0.618. The number of hydrogen-bond donors (Lipinski definition) is 1. The molecule has 0 aromatic heterocycles. The zero-order valence-corrected chi connectivity index (χ0v) is 6.50. The van der Waals surface area contributed by atoms with Gasteiger partial charge in [0.05, 0.1) is 0 Å². The largest absolute Gasteiger partial charge is 0.508 e. The molecule has 1 aliphatic heterocycles. The number of halogens is 1. The van der Waals surface area contributed by atoms with Gasteiger partial charge in [0.15, 0.2) is 0 Å². The molecule has 1 heterocycles. The summed E-state index contributed by atoms with van der Waals surface area (Å²) in [5, 5.41) is 8.83. The van der Waals surface area contributed by atoms with Gasteiger partial charge in [-0.15, -0.1) is 18.9 Å². The van der Waals surface area contributed by atoms with Crippen molar-refractivity contribution in [3.63, 3.8) is 0 Å². The van der Waals surface area contributed by atoms with Gasteiger partial charge in [0.1, 0.15) is 5.76 Å². The fraction of sp³-hybridized carbons (Fsp3) is 0. The summed E-state index contributed by atoms with van der Waals surface area (Å²) in [6.45, 7) is 0. The Balaban J connectivity index is 3.07. The third kappa shape index (κ3) is 1.36. The highest BCUT2D eigenvalue weighted by Gasteiger charge is 1.84. The second-order valence-electron chi connectivity index (χ2n) is 1.45. The van der Waals surface area contributed by atoms with Gasteiger partial charge in [0, 0.05) is 4.08 Å². The molecule has 1 nitrogen and oxygen atoms in total. The Morgan fingerprint density at radius 1 is 1.62 bits per heavy atom. The number of aliphatic hydroxyl groups excluding tert-OH is 1. The van der Waals surface area contributed by atoms with Gasteiger partial charge < -0.3 is 5.11 Å². The van der Waals surface area contributed by atoms with Crippen LogP contribution < -0.4 is 0 Å². The second-order valence-corrected chi connectivity index (χ2v) is 5.28.